The van der Waals surface area contributed by atoms with E-state index in [0.29, 0.717) is 0 Å². The third kappa shape index (κ3) is 1.61. The molecule has 0 aliphatic rings. The minimum absolute atomic E-state index is 0.0224. The van der Waals surface area contributed by atoms with E-state index in [9.17, 15) is 8.78 Å². The summed E-state index contributed by atoms with van der Waals surface area (Å²) in [4.78, 5) is 3.49. The largest absolute Gasteiger partial charge is 0.481 e. The minimum Gasteiger partial charge on any atom is -0.481 e. The van der Waals surface area contributed by atoms with Crippen LogP contribution in [0.5, 0.6) is 5.88 Å². The van der Waals surface area contributed by atoms with Crippen LogP contribution < -0.4 is 10.5 Å². The van der Waals surface area contributed by atoms with Crippen molar-refractivity contribution < 1.29 is 13.5 Å². The van der Waals surface area contributed by atoms with Crippen molar-refractivity contribution in [2.75, 3.05) is 12.8 Å². The van der Waals surface area contributed by atoms with E-state index in [4.69, 9.17) is 5.73 Å². The van der Waals surface area contributed by atoms with Gasteiger partial charge in [-0.2, -0.15) is 0 Å². The van der Waals surface area contributed by atoms with Crippen molar-refractivity contribution in [1.29, 1.82) is 0 Å². The van der Waals surface area contributed by atoms with Crippen LogP contribution in [0.3, 0.4) is 0 Å². The Kier molecular flexibility index (Phi) is 2.42. The van der Waals surface area contributed by atoms with Gasteiger partial charge in [-0.05, 0) is 6.07 Å². The number of pyridine rings is 1. The fourth-order valence-corrected chi connectivity index (χ4v) is 0.755. The SMILES string of the molecule is COc1ccc(N)c(C(F)F)n1. The van der Waals surface area contributed by atoms with Gasteiger partial charge in [0.1, 0.15) is 5.69 Å². The van der Waals surface area contributed by atoms with Gasteiger partial charge in [0.15, 0.2) is 0 Å². The number of nitrogens with zero attached hydrogens (tertiary/aromatic N) is 1. The zero-order chi connectivity index (χ0) is 9.14. The standard InChI is InChI=1S/C7H8F2N2O/c1-12-5-3-2-4(10)6(11-5)7(8)9/h2-3,7H,10H2,1H3. The first-order valence-electron chi connectivity index (χ1n) is 3.23. The van der Waals surface area contributed by atoms with Crippen molar-refractivity contribution >= 4 is 5.69 Å². The van der Waals surface area contributed by atoms with Gasteiger partial charge in [-0.3, -0.25) is 0 Å². The Bertz CT molecular complexity index is 278. The predicted molar refractivity (Wildman–Crippen MR) is 40.2 cm³/mol. The quantitative estimate of drug-likeness (QED) is 0.740. The zero-order valence-electron chi connectivity index (χ0n) is 6.42. The van der Waals surface area contributed by atoms with Gasteiger partial charge in [0, 0.05) is 6.07 Å². The lowest BCUT2D eigenvalue weighted by Gasteiger charge is -2.04. The molecule has 1 heterocycles. The summed E-state index contributed by atoms with van der Waals surface area (Å²) in [7, 11) is 1.35. The Hall–Kier alpha value is -1.39. The first-order chi connectivity index (χ1) is 5.65. The molecule has 0 atom stereocenters. The van der Waals surface area contributed by atoms with Gasteiger partial charge in [-0.1, -0.05) is 0 Å². The van der Waals surface area contributed by atoms with Crippen molar-refractivity contribution in [2.24, 2.45) is 0 Å². The maximum absolute atomic E-state index is 12.1. The van der Waals surface area contributed by atoms with Crippen LogP contribution in [0.25, 0.3) is 0 Å². The lowest BCUT2D eigenvalue weighted by molar-refractivity contribution is 0.146. The molecule has 0 spiro atoms. The number of alkyl halides is 2. The van der Waals surface area contributed by atoms with Crippen LogP contribution >= 0.6 is 0 Å². The average Bonchev–Trinajstić information content (AvgIpc) is 2.05. The maximum atomic E-state index is 12.1. The predicted octanol–water partition coefficient (Wildman–Crippen LogP) is 1.61. The number of anilines is 1. The number of nitrogen functional groups attached to an aromatic ring is 1. The molecule has 0 unspecified atom stereocenters. The molecule has 1 aromatic rings. The Labute approximate surface area is 68.2 Å². The van der Waals surface area contributed by atoms with Crippen LogP contribution in [0.15, 0.2) is 12.1 Å². The van der Waals surface area contributed by atoms with Gasteiger partial charge < -0.3 is 10.5 Å². The summed E-state index contributed by atoms with van der Waals surface area (Å²) in [6.07, 6.45) is -2.67. The van der Waals surface area contributed by atoms with Crippen LogP contribution in [-0.2, 0) is 0 Å². The number of halogens is 2. The molecule has 0 radical (unpaired) electrons. The molecular formula is C7H8F2N2O. The minimum atomic E-state index is -2.67. The second-order valence-electron chi connectivity index (χ2n) is 2.13. The molecule has 2 N–H and O–H groups in total. The Morgan fingerprint density at radius 1 is 1.50 bits per heavy atom. The van der Waals surface area contributed by atoms with Gasteiger partial charge in [0.25, 0.3) is 6.43 Å². The van der Waals surface area contributed by atoms with Crippen LogP contribution in [-0.4, -0.2) is 12.1 Å². The second-order valence-corrected chi connectivity index (χ2v) is 2.13. The summed E-state index contributed by atoms with van der Waals surface area (Å²) < 4.78 is 29.0. The molecule has 1 aromatic heterocycles. The number of methoxy groups -OCH3 is 1. The van der Waals surface area contributed by atoms with E-state index in [2.05, 4.69) is 9.72 Å². The zero-order valence-corrected chi connectivity index (χ0v) is 6.42. The maximum Gasteiger partial charge on any atom is 0.282 e. The molecule has 3 nitrogen and oxygen atoms in total. The van der Waals surface area contributed by atoms with E-state index in [0.717, 1.165) is 0 Å². The summed E-state index contributed by atoms with van der Waals surface area (Å²) >= 11 is 0. The molecule has 5 heteroatoms. The van der Waals surface area contributed by atoms with Gasteiger partial charge >= 0.3 is 0 Å². The lowest BCUT2D eigenvalue weighted by atomic mass is 10.3. The number of hydrogen-bond acceptors (Lipinski definition) is 3. The number of rotatable bonds is 2. The number of aromatic nitrogens is 1. The van der Waals surface area contributed by atoms with Gasteiger partial charge in [0.2, 0.25) is 5.88 Å². The molecular weight excluding hydrogens is 166 g/mol. The molecule has 0 aromatic carbocycles. The first-order valence-corrected chi connectivity index (χ1v) is 3.23. The number of nitrogens with two attached hydrogens (primary N) is 1. The van der Waals surface area contributed by atoms with Crippen molar-refractivity contribution in [2.45, 2.75) is 6.43 Å². The molecule has 12 heavy (non-hydrogen) atoms. The summed E-state index contributed by atoms with van der Waals surface area (Å²) in [6, 6.07) is 2.77. The molecule has 0 fully saturated rings. The van der Waals surface area contributed by atoms with Gasteiger partial charge in [-0.25, -0.2) is 13.8 Å². The molecule has 0 bridgehead atoms. The normalized spacial score (nSPS) is 10.3. The third-order valence-electron chi connectivity index (χ3n) is 1.35. The third-order valence-corrected chi connectivity index (χ3v) is 1.35. The van der Waals surface area contributed by atoms with E-state index >= 15 is 0 Å². The fourth-order valence-electron chi connectivity index (χ4n) is 0.755. The van der Waals surface area contributed by atoms with Gasteiger partial charge in [-0.15, -0.1) is 0 Å². The monoisotopic (exact) mass is 174 g/mol. The number of hydrogen-bond donors (Lipinski definition) is 1. The lowest BCUT2D eigenvalue weighted by Crippen LogP contribution is -1.99. The summed E-state index contributed by atoms with van der Waals surface area (Å²) in [6.45, 7) is 0. The summed E-state index contributed by atoms with van der Waals surface area (Å²) in [5, 5.41) is 0. The van der Waals surface area contributed by atoms with Crippen LogP contribution in [0.4, 0.5) is 14.5 Å². The highest BCUT2D eigenvalue weighted by Crippen LogP contribution is 2.24. The summed E-state index contributed by atoms with van der Waals surface area (Å²) in [5.74, 6) is 0.138. The van der Waals surface area contributed by atoms with E-state index in [1.165, 1.54) is 19.2 Å². The fraction of sp³-hybridized carbons (Fsp3) is 0.286. The Balaban J connectivity index is 3.08. The molecule has 0 saturated carbocycles. The Morgan fingerprint density at radius 2 is 2.17 bits per heavy atom. The van der Waals surface area contributed by atoms with Crippen molar-refractivity contribution in [3.8, 4) is 5.88 Å². The van der Waals surface area contributed by atoms with Crippen LogP contribution in [0.1, 0.15) is 12.1 Å². The second kappa shape index (κ2) is 3.34. The van der Waals surface area contributed by atoms with E-state index in [1.54, 1.807) is 0 Å². The van der Waals surface area contributed by atoms with Crippen LogP contribution in [0, 0.1) is 0 Å². The highest BCUT2D eigenvalue weighted by molar-refractivity contribution is 5.45. The van der Waals surface area contributed by atoms with Crippen molar-refractivity contribution in [1.82, 2.24) is 4.98 Å². The first kappa shape index (κ1) is 8.70. The van der Waals surface area contributed by atoms with E-state index < -0.39 is 12.1 Å². The summed E-state index contributed by atoms with van der Waals surface area (Å²) in [5.41, 5.74) is 4.79. The molecule has 66 valence electrons. The molecule has 0 aliphatic heterocycles. The molecule has 0 aliphatic carbocycles. The van der Waals surface area contributed by atoms with E-state index in [-0.39, 0.29) is 11.6 Å². The molecule has 1 rings (SSSR count). The molecule has 0 amide bonds. The topological polar surface area (TPSA) is 48.1 Å². The Morgan fingerprint density at radius 3 is 2.67 bits per heavy atom. The number of ether oxygens (including phenoxy) is 1. The van der Waals surface area contributed by atoms with E-state index in [1.807, 2.05) is 0 Å². The van der Waals surface area contributed by atoms with Crippen molar-refractivity contribution in [3.05, 3.63) is 17.8 Å². The average molecular weight is 174 g/mol. The van der Waals surface area contributed by atoms with Crippen molar-refractivity contribution in [3.63, 3.8) is 0 Å². The highest BCUT2D eigenvalue weighted by Gasteiger charge is 2.13. The smallest absolute Gasteiger partial charge is 0.282 e. The van der Waals surface area contributed by atoms with Crippen LogP contribution in [0.2, 0.25) is 0 Å². The molecule has 0 saturated heterocycles. The highest BCUT2D eigenvalue weighted by atomic mass is 19.3. The van der Waals surface area contributed by atoms with Gasteiger partial charge in [0.05, 0.1) is 12.8 Å².